The molecule has 4 heterocycles. The fraction of sp³-hybridized carbons (Fsp3) is 0.609. The summed E-state index contributed by atoms with van der Waals surface area (Å²) in [5.74, 6) is 1.63. The number of pyridine rings is 1. The monoisotopic (exact) mass is 368 g/mol. The normalized spacial score (nSPS) is 32.4. The molecule has 5 rings (SSSR count). The van der Waals surface area contributed by atoms with Gasteiger partial charge in [-0.25, -0.2) is 0 Å². The van der Waals surface area contributed by atoms with Gasteiger partial charge in [-0.1, -0.05) is 13.8 Å². The lowest BCUT2D eigenvalue weighted by Crippen LogP contribution is -2.63. The molecule has 27 heavy (non-hydrogen) atoms. The van der Waals surface area contributed by atoms with Gasteiger partial charge in [0, 0.05) is 31.3 Å². The second kappa shape index (κ2) is 6.75. The van der Waals surface area contributed by atoms with E-state index in [-0.39, 0.29) is 5.60 Å². The number of benzene rings is 1. The molecule has 4 heteroatoms. The first kappa shape index (κ1) is 18.7. The molecule has 0 spiro atoms. The van der Waals surface area contributed by atoms with Crippen LogP contribution in [0.3, 0.4) is 0 Å². The molecule has 1 aromatic carbocycles. The van der Waals surface area contributed by atoms with Crippen molar-refractivity contribution in [3.05, 3.63) is 36.0 Å². The van der Waals surface area contributed by atoms with Crippen LogP contribution in [0.25, 0.3) is 10.9 Å². The van der Waals surface area contributed by atoms with Crippen LogP contribution in [0.1, 0.15) is 45.6 Å². The molecule has 3 unspecified atom stereocenters. The SMILES string of the molecule is CC[C@@]1(C)CN2CCC1CC2[C@](C)(OC)c1ccnc2ccc(OC)cc12. The van der Waals surface area contributed by atoms with Crippen molar-refractivity contribution >= 4 is 10.9 Å². The van der Waals surface area contributed by atoms with E-state index in [0.717, 1.165) is 22.6 Å². The summed E-state index contributed by atoms with van der Waals surface area (Å²) in [5, 5.41) is 1.13. The lowest BCUT2D eigenvalue weighted by molar-refractivity contribution is -0.146. The van der Waals surface area contributed by atoms with E-state index in [1.165, 1.54) is 37.9 Å². The number of hydrogen-bond acceptors (Lipinski definition) is 4. The van der Waals surface area contributed by atoms with Crippen LogP contribution in [0.4, 0.5) is 0 Å². The summed E-state index contributed by atoms with van der Waals surface area (Å²) in [6, 6.07) is 8.63. The number of hydrogen-bond donors (Lipinski definition) is 0. The highest BCUT2D eigenvalue weighted by atomic mass is 16.5. The summed E-state index contributed by atoms with van der Waals surface area (Å²) in [7, 11) is 3.57. The quantitative estimate of drug-likeness (QED) is 0.771. The average molecular weight is 369 g/mol. The average Bonchev–Trinajstić information content (AvgIpc) is 2.72. The number of ether oxygens (including phenoxy) is 2. The van der Waals surface area contributed by atoms with Crippen molar-refractivity contribution in [3.63, 3.8) is 0 Å². The standard InChI is InChI=1S/C23H32N2O2/c1-6-22(2)15-25-12-10-16(22)13-21(25)23(3,27-5)19-9-11-24-20-8-7-17(26-4)14-18(19)20/h7-9,11,14,16,21H,6,10,12-13,15H2,1-5H3/t16?,21?,22-,23+/m0/s1. The number of piperidine rings is 3. The smallest absolute Gasteiger partial charge is 0.119 e. The first-order valence-corrected chi connectivity index (χ1v) is 10.2. The van der Waals surface area contributed by atoms with Gasteiger partial charge >= 0.3 is 0 Å². The Bertz CT molecular complexity index is 838. The zero-order chi connectivity index (χ0) is 19.2. The third-order valence-corrected chi connectivity index (χ3v) is 7.61. The number of aromatic nitrogens is 1. The van der Waals surface area contributed by atoms with Crippen molar-refractivity contribution in [1.82, 2.24) is 9.88 Å². The second-order valence-electron chi connectivity index (χ2n) is 8.77. The highest BCUT2D eigenvalue weighted by Crippen LogP contribution is 2.51. The van der Waals surface area contributed by atoms with E-state index in [4.69, 9.17) is 9.47 Å². The number of methoxy groups -OCH3 is 2. The summed E-state index contributed by atoms with van der Waals surface area (Å²) >= 11 is 0. The predicted molar refractivity (Wildman–Crippen MR) is 109 cm³/mol. The van der Waals surface area contributed by atoms with Crippen LogP contribution in [0.15, 0.2) is 30.5 Å². The molecule has 4 nitrogen and oxygen atoms in total. The van der Waals surface area contributed by atoms with E-state index >= 15 is 0 Å². The van der Waals surface area contributed by atoms with Crippen molar-refractivity contribution < 1.29 is 9.47 Å². The van der Waals surface area contributed by atoms with Crippen LogP contribution >= 0.6 is 0 Å². The lowest BCUT2D eigenvalue weighted by atomic mass is 9.62. The Kier molecular flexibility index (Phi) is 4.68. The van der Waals surface area contributed by atoms with E-state index in [1.54, 1.807) is 7.11 Å². The second-order valence-corrected chi connectivity index (χ2v) is 8.77. The number of fused-ring (bicyclic) bond motifs is 4. The number of nitrogens with zero attached hydrogens (tertiary/aromatic N) is 2. The van der Waals surface area contributed by atoms with Crippen molar-refractivity contribution in [2.45, 2.75) is 51.7 Å². The Morgan fingerprint density at radius 1 is 1.30 bits per heavy atom. The highest BCUT2D eigenvalue weighted by molar-refractivity contribution is 5.84. The maximum Gasteiger partial charge on any atom is 0.119 e. The Morgan fingerprint density at radius 3 is 2.74 bits per heavy atom. The van der Waals surface area contributed by atoms with Crippen LogP contribution in [-0.2, 0) is 10.3 Å². The van der Waals surface area contributed by atoms with Crippen LogP contribution < -0.4 is 4.74 Å². The van der Waals surface area contributed by atoms with Gasteiger partial charge in [0.05, 0.1) is 12.6 Å². The molecule has 3 aliphatic rings. The zero-order valence-electron chi connectivity index (χ0n) is 17.3. The van der Waals surface area contributed by atoms with E-state index in [0.29, 0.717) is 11.5 Å². The van der Waals surface area contributed by atoms with E-state index in [1.807, 2.05) is 25.4 Å². The van der Waals surface area contributed by atoms with Gasteiger partial charge in [0.2, 0.25) is 0 Å². The van der Waals surface area contributed by atoms with Crippen molar-refractivity contribution in [1.29, 1.82) is 0 Å². The third-order valence-electron chi connectivity index (χ3n) is 7.61. The topological polar surface area (TPSA) is 34.6 Å². The molecule has 3 aliphatic heterocycles. The molecule has 0 aliphatic carbocycles. The summed E-state index contributed by atoms with van der Waals surface area (Å²) in [5.41, 5.74) is 2.27. The van der Waals surface area contributed by atoms with Crippen LogP contribution in [0.5, 0.6) is 5.75 Å². The Morgan fingerprint density at radius 2 is 2.11 bits per heavy atom. The van der Waals surface area contributed by atoms with E-state index in [9.17, 15) is 0 Å². The molecular formula is C23H32N2O2. The van der Waals surface area contributed by atoms with E-state index in [2.05, 4.69) is 42.8 Å². The van der Waals surface area contributed by atoms with Gasteiger partial charge in [-0.15, -0.1) is 0 Å². The lowest BCUT2D eigenvalue weighted by Gasteiger charge is -2.59. The Labute approximate surface area is 162 Å². The summed E-state index contributed by atoms with van der Waals surface area (Å²) in [4.78, 5) is 7.25. The molecule has 3 fully saturated rings. The van der Waals surface area contributed by atoms with Crippen LogP contribution in [-0.4, -0.2) is 43.2 Å². The van der Waals surface area contributed by atoms with Crippen molar-refractivity contribution in [2.75, 3.05) is 27.3 Å². The Hall–Kier alpha value is -1.65. The first-order chi connectivity index (χ1) is 12.9. The molecule has 3 saturated heterocycles. The highest BCUT2D eigenvalue weighted by Gasteiger charge is 2.52. The molecule has 0 amide bonds. The maximum atomic E-state index is 6.29. The minimum absolute atomic E-state index is 0.374. The number of rotatable bonds is 5. The molecule has 2 aromatic rings. The largest absolute Gasteiger partial charge is 0.497 e. The van der Waals surface area contributed by atoms with Gasteiger partial charge in [0.25, 0.3) is 0 Å². The summed E-state index contributed by atoms with van der Waals surface area (Å²) in [6.07, 6.45) is 5.67. The summed E-state index contributed by atoms with van der Waals surface area (Å²) < 4.78 is 11.8. The van der Waals surface area contributed by atoms with Gasteiger partial charge in [-0.2, -0.15) is 0 Å². The first-order valence-electron chi connectivity index (χ1n) is 10.2. The molecule has 0 radical (unpaired) electrons. The fourth-order valence-electron chi connectivity index (χ4n) is 5.51. The van der Waals surface area contributed by atoms with Crippen LogP contribution in [0, 0.1) is 11.3 Å². The fourth-order valence-corrected chi connectivity index (χ4v) is 5.51. The summed E-state index contributed by atoms with van der Waals surface area (Å²) in [6.45, 7) is 9.42. The Balaban J connectivity index is 1.79. The minimum Gasteiger partial charge on any atom is -0.497 e. The maximum absolute atomic E-state index is 6.29. The van der Waals surface area contributed by atoms with Crippen LogP contribution in [0.2, 0.25) is 0 Å². The van der Waals surface area contributed by atoms with Gasteiger partial charge < -0.3 is 9.47 Å². The van der Waals surface area contributed by atoms with Gasteiger partial charge in [-0.3, -0.25) is 9.88 Å². The molecule has 2 bridgehead atoms. The van der Waals surface area contributed by atoms with E-state index < -0.39 is 0 Å². The predicted octanol–water partition coefficient (Wildman–Crippen LogP) is 4.62. The van der Waals surface area contributed by atoms with Gasteiger partial charge in [0.15, 0.2) is 0 Å². The minimum atomic E-state index is -0.374. The molecular weight excluding hydrogens is 336 g/mol. The van der Waals surface area contributed by atoms with Crippen molar-refractivity contribution in [2.24, 2.45) is 11.3 Å². The zero-order valence-corrected chi connectivity index (χ0v) is 17.3. The van der Waals surface area contributed by atoms with Gasteiger partial charge in [0.1, 0.15) is 11.4 Å². The van der Waals surface area contributed by atoms with Crippen molar-refractivity contribution in [3.8, 4) is 5.75 Å². The molecule has 0 N–H and O–H groups in total. The molecule has 0 saturated carbocycles. The molecule has 1 aromatic heterocycles. The molecule has 5 atom stereocenters. The van der Waals surface area contributed by atoms with Gasteiger partial charge in [-0.05, 0) is 73.9 Å². The third kappa shape index (κ3) is 2.85. The molecule has 146 valence electrons.